The summed E-state index contributed by atoms with van der Waals surface area (Å²) in [5, 5.41) is 0. The molecule has 2 N–H and O–H groups in total. The predicted octanol–water partition coefficient (Wildman–Crippen LogP) is 1.46. The minimum atomic E-state index is -1.01. The fourth-order valence-corrected chi connectivity index (χ4v) is 2.24. The van der Waals surface area contributed by atoms with Crippen molar-refractivity contribution in [1.82, 2.24) is 0 Å². The van der Waals surface area contributed by atoms with Crippen molar-refractivity contribution in [3.63, 3.8) is 0 Å². The molecule has 2 rings (SSSR count). The van der Waals surface area contributed by atoms with Crippen molar-refractivity contribution in [3.8, 4) is 0 Å². The van der Waals surface area contributed by atoms with Crippen molar-refractivity contribution in [2.24, 2.45) is 11.7 Å². The molecule has 0 saturated carbocycles. The quantitative estimate of drug-likeness (QED) is 0.838. The molecule has 1 amide bonds. The number of nitrogens with two attached hydrogens (primary N) is 1. The second kappa shape index (κ2) is 5.44. The molecular weight excluding hydrogens is 275 g/mol. The molecule has 0 spiro atoms. The summed E-state index contributed by atoms with van der Waals surface area (Å²) in [5.74, 6) is -2.34. The first-order valence-corrected chi connectivity index (χ1v) is 6.75. The highest BCUT2D eigenvalue weighted by atomic mass is 19.1. The first kappa shape index (κ1) is 15.4. The van der Waals surface area contributed by atoms with E-state index in [1.165, 1.54) is 23.1 Å². The van der Waals surface area contributed by atoms with E-state index in [1.54, 1.807) is 26.8 Å². The maximum absolute atomic E-state index is 13.8. The molecule has 2 atom stereocenters. The van der Waals surface area contributed by atoms with E-state index in [-0.39, 0.29) is 12.2 Å². The Morgan fingerprint density at radius 1 is 1.38 bits per heavy atom. The molecule has 5 nitrogen and oxygen atoms in total. The second-order valence-electron chi connectivity index (χ2n) is 6.07. The fraction of sp³-hybridized carbons (Fsp3) is 0.467. The number of carbonyl (C=O) groups is 2. The number of rotatable bonds is 2. The van der Waals surface area contributed by atoms with Gasteiger partial charge in [-0.2, -0.15) is 0 Å². The molecule has 0 bridgehead atoms. The third kappa shape index (κ3) is 3.21. The van der Waals surface area contributed by atoms with Gasteiger partial charge in [0.1, 0.15) is 11.4 Å². The summed E-state index contributed by atoms with van der Waals surface area (Å²) in [6.07, 6.45) is 0. The first-order valence-electron chi connectivity index (χ1n) is 6.75. The number of amides is 1. The average Bonchev–Trinajstić information content (AvgIpc) is 2.65. The third-order valence-corrected chi connectivity index (χ3v) is 3.22. The van der Waals surface area contributed by atoms with Crippen molar-refractivity contribution in [2.45, 2.75) is 32.4 Å². The van der Waals surface area contributed by atoms with Crippen LogP contribution in [0.15, 0.2) is 24.3 Å². The summed E-state index contributed by atoms with van der Waals surface area (Å²) in [4.78, 5) is 25.5. The van der Waals surface area contributed by atoms with Crippen LogP contribution >= 0.6 is 0 Å². The number of carbonyl (C=O) groups excluding carboxylic acids is 2. The smallest absolute Gasteiger partial charge is 0.313 e. The highest BCUT2D eigenvalue weighted by Crippen LogP contribution is 2.28. The van der Waals surface area contributed by atoms with Crippen LogP contribution in [0.25, 0.3) is 0 Å². The zero-order chi connectivity index (χ0) is 15.8. The Kier molecular flexibility index (Phi) is 4.00. The van der Waals surface area contributed by atoms with Crippen LogP contribution in [-0.2, 0) is 14.3 Å². The molecule has 21 heavy (non-hydrogen) atoms. The summed E-state index contributed by atoms with van der Waals surface area (Å²) >= 11 is 0. The number of ether oxygens (including phenoxy) is 1. The Morgan fingerprint density at radius 3 is 2.57 bits per heavy atom. The lowest BCUT2D eigenvalue weighted by molar-refractivity contribution is -0.160. The molecule has 1 aromatic rings. The third-order valence-electron chi connectivity index (χ3n) is 3.22. The van der Waals surface area contributed by atoms with E-state index in [0.29, 0.717) is 0 Å². The van der Waals surface area contributed by atoms with Gasteiger partial charge in [0, 0.05) is 6.54 Å². The van der Waals surface area contributed by atoms with Gasteiger partial charge in [0.05, 0.1) is 17.6 Å². The zero-order valence-electron chi connectivity index (χ0n) is 12.3. The average molecular weight is 294 g/mol. The highest BCUT2D eigenvalue weighted by molar-refractivity contribution is 6.03. The number of hydrogen-bond donors (Lipinski definition) is 1. The van der Waals surface area contributed by atoms with Gasteiger partial charge in [0.25, 0.3) is 0 Å². The summed E-state index contributed by atoms with van der Waals surface area (Å²) in [5.41, 5.74) is 5.27. The molecule has 1 fully saturated rings. The lowest BCUT2D eigenvalue weighted by Crippen LogP contribution is -2.40. The van der Waals surface area contributed by atoms with Crippen molar-refractivity contribution in [1.29, 1.82) is 0 Å². The Balaban J connectivity index is 2.21. The van der Waals surface area contributed by atoms with Gasteiger partial charge in [-0.05, 0) is 32.9 Å². The molecule has 1 heterocycles. The molecule has 1 aliphatic rings. The fourth-order valence-electron chi connectivity index (χ4n) is 2.24. The number of benzene rings is 1. The van der Waals surface area contributed by atoms with Gasteiger partial charge in [-0.15, -0.1) is 0 Å². The van der Waals surface area contributed by atoms with Crippen LogP contribution < -0.4 is 10.6 Å². The maximum Gasteiger partial charge on any atom is 0.313 e. The largest absolute Gasteiger partial charge is 0.460 e. The van der Waals surface area contributed by atoms with Gasteiger partial charge >= 0.3 is 5.97 Å². The molecule has 0 aromatic heterocycles. The topological polar surface area (TPSA) is 72.6 Å². The molecular formula is C15H19FN2O3. The lowest BCUT2D eigenvalue weighted by atomic mass is 10.0. The van der Waals surface area contributed by atoms with Gasteiger partial charge in [-0.3, -0.25) is 9.59 Å². The minimum absolute atomic E-state index is 0.0237. The molecule has 114 valence electrons. The number of nitrogens with zero attached hydrogens (tertiary/aromatic N) is 1. The summed E-state index contributed by atoms with van der Waals surface area (Å²) < 4.78 is 19.1. The number of halogens is 1. The zero-order valence-corrected chi connectivity index (χ0v) is 12.3. The standard InChI is InChI=1S/C15H19FN2O3/c1-15(2,3)21-14(20)9-8-18(13(19)12(9)17)11-7-5-4-6-10(11)16/h4-7,9,12H,8,17H2,1-3H3. The van der Waals surface area contributed by atoms with Crippen molar-refractivity contribution in [3.05, 3.63) is 30.1 Å². The van der Waals surface area contributed by atoms with Gasteiger partial charge in [-0.1, -0.05) is 12.1 Å². The van der Waals surface area contributed by atoms with E-state index >= 15 is 0 Å². The molecule has 6 heteroatoms. The van der Waals surface area contributed by atoms with Crippen molar-refractivity contribution >= 4 is 17.6 Å². The van der Waals surface area contributed by atoms with Crippen molar-refractivity contribution in [2.75, 3.05) is 11.4 Å². The SMILES string of the molecule is CC(C)(C)OC(=O)C1CN(c2ccccc2F)C(=O)C1N. The van der Waals surface area contributed by atoms with Crippen LogP contribution in [0.4, 0.5) is 10.1 Å². The number of esters is 1. The van der Waals surface area contributed by atoms with Crippen LogP contribution in [0, 0.1) is 11.7 Å². The summed E-state index contributed by atoms with van der Waals surface area (Å²) in [6, 6.07) is 4.88. The van der Waals surface area contributed by atoms with E-state index in [1.807, 2.05) is 0 Å². The van der Waals surface area contributed by atoms with E-state index in [9.17, 15) is 14.0 Å². The second-order valence-corrected chi connectivity index (χ2v) is 6.07. The van der Waals surface area contributed by atoms with Crippen LogP contribution in [0.2, 0.25) is 0 Å². The molecule has 2 unspecified atom stereocenters. The van der Waals surface area contributed by atoms with Crippen LogP contribution in [-0.4, -0.2) is 30.1 Å². The molecule has 1 saturated heterocycles. The van der Waals surface area contributed by atoms with Crippen LogP contribution in [0.5, 0.6) is 0 Å². The Hall–Kier alpha value is -1.95. The van der Waals surface area contributed by atoms with Gasteiger partial charge < -0.3 is 15.4 Å². The Bertz CT molecular complexity index is 568. The molecule has 0 aliphatic carbocycles. The number of para-hydroxylation sites is 1. The molecule has 0 radical (unpaired) electrons. The lowest BCUT2D eigenvalue weighted by Gasteiger charge is -2.22. The molecule has 1 aromatic carbocycles. The van der Waals surface area contributed by atoms with Crippen molar-refractivity contribution < 1.29 is 18.7 Å². The minimum Gasteiger partial charge on any atom is -0.460 e. The maximum atomic E-state index is 13.8. The highest BCUT2D eigenvalue weighted by Gasteiger charge is 2.45. The van der Waals surface area contributed by atoms with Gasteiger partial charge in [0.15, 0.2) is 0 Å². The summed E-state index contributed by atoms with van der Waals surface area (Å²) in [7, 11) is 0. The molecule has 1 aliphatic heterocycles. The van der Waals surface area contributed by atoms with E-state index < -0.39 is 35.3 Å². The monoisotopic (exact) mass is 294 g/mol. The van der Waals surface area contributed by atoms with E-state index in [4.69, 9.17) is 10.5 Å². The van der Waals surface area contributed by atoms with Crippen LogP contribution in [0.3, 0.4) is 0 Å². The van der Waals surface area contributed by atoms with Crippen LogP contribution in [0.1, 0.15) is 20.8 Å². The van der Waals surface area contributed by atoms with E-state index in [0.717, 1.165) is 0 Å². The first-order chi connectivity index (χ1) is 9.70. The van der Waals surface area contributed by atoms with Gasteiger partial charge in [-0.25, -0.2) is 4.39 Å². The Morgan fingerprint density at radius 2 is 2.00 bits per heavy atom. The van der Waals surface area contributed by atoms with E-state index in [2.05, 4.69) is 0 Å². The number of anilines is 1. The predicted molar refractivity (Wildman–Crippen MR) is 76.1 cm³/mol. The summed E-state index contributed by atoms with van der Waals surface area (Å²) in [6.45, 7) is 5.24. The number of hydrogen-bond acceptors (Lipinski definition) is 4. The normalized spacial score (nSPS) is 22.5. The van der Waals surface area contributed by atoms with Gasteiger partial charge in [0.2, 0.25) is 5.91 Å². The Labute approximate surface area is 122 Å².